The average Bonchev–Trinajstić information content (AvgIpc) is 3.29. The van der Waals surface area contributed by atoms with Crippen LogP contribution in [0.4, 0.5) is 34.1 Å². The lowest BCUT2D eigenvalue weighted by atomic mass is 9.33. The summed E-state index contributed by atoms with van der Waals surface area (Å²) in [6.45, 7) is -0.0155. The molecule has 2 nitrogen and oxygen atoms in total. The molecule has 2 aliphatic heterocycles. The van der Waals surface area contributed by atoms with Crippen LogP contribution in [0.15, 0.2) is 212 Å². The zero-order valence-corrected chi connectivity index (χ0v) is 32.2. The smallest absolute Gasteiger partial charge is 0.252 e. The van der Waals surface area contributed by atoms with E-state index in [1.807, 2.05) is 0 Å². The van der Waals surface area contributed by atoms with Crippen molar-refractivity contribution in [1.29, 1.82) is 0 Å². The fraction of sp³-hybridized carbons (Fsp3) is 0. The van der Waals surface area contributed by atoms with Crippen molar-refractivity contribution in [2.75, 3.05) is 9.80 Å². The minimum Gasteiger partial charge on any atom is -0.311 e. The van der Waals surface area contributed by atoms with Crippen molar-refractivity contribution >= 4 is 111 Å². The second-order valence-electron chi connectivity index (χ2n) is 16.1. The van der Waals surface area contributed by atoms with Crippen LogP contribution in [0.1, 0.15) is 0 Å². The third kappa shape index (κ3) is 4.89. The summed E-state index contributed by atoms with van der Waals surface area (Å²) in [7, 11) is 0. The van der Waals surface area contributed by atoms with Crippen LogP contribution in [0.2, 0.25) is 0 Å². The highest BCUT2D eigenvalue weighted by atomic mass is 15.2. The second kappa shape index (κ2) is 12.4. The first-order valence-corrected chi connectivity index (χ1v) is 20.5. The first-order valence-electron chi connectivity index (χ1n) is 20.5. The summed E-state index contributed by atoms with van der Waals surface area (Å²) in [5.41, 5.74) is 13.5. The molecular weight excluding hydrogens is 711 g/mol. The quantitative estimate of drug-likeness (QED) is 0.131. The van der Waals surface area contributed by atoms with Crippen molar-refractivity contribution in [3.8, 4) is 11.1 Å². The molecule has 0 radical (unpaired) electrons. The molecule has 0 bridgehead atoms. The first kappa shape index (κ1) is 32.5. The van der Waals surface area contributed by atoms with E-state index < -0.39 is 0 Å². The monoisotopic (exact) mass is 746 g/mol. The average molecular weight is 747 g/mol. The fourth-order valence-electron chi connectivity index (χ4n) is 10.2. The van der Waals surface area contributed by atoms with E-state index >= 15 is 0 Å². The molecule has 0 saturated heterocycles. The minimum absolute atomic E-state index is 0.0155. The number of nitrogens with zero attached hydrogens (tertiary/aromatic N) is 2. The Bertz CT molecular complexity index is 3330. The summed E-state index contributed by atoms with van der Waals surface area (Å²) in [6.07, 6.45) is 0. The largest absolute Gasteiger partial charge is 0.311 e. The van der Waals surface area contributed by atoms with Crippen LogP contribution in [-0.2, 0) is 0 Å². The molecule has 0 amide bonds. The van der Waals surface area contributed by atoms with Gasteiger partial charge in [0.2, 0.25) is 0 Å². The van der Waals surface area contributed by atoms with Crippen molar-refractivity contribution in [3.05, 3.63) is 212 Å². The Morgan fingerprint density at radius 2 is 0.695 bits per heavy atom. The lowest BCUT2D eigenvalue weighted by Crippen LogP contribution is -2.61. The Balaban J connectivity index is 1.20. The molecular formula is C56H35BN2. The van der Waals surface area contributed by atoms with E-state index in [-0.39, 0.29) is 6.71 Å². The van der Waals surface area contributed by atoms with Gasteiger partial charge in [0.05, 0.1) is 0 Å². The maximum atomic E-state index is 2.54. The number of hydrogen-bond donors (Lipinski definition) is 0. The highest BCUT2D eigenvalue weighted by Crippen LogP contribution is 2.48. The van der Waals surface area contributed by atoms with Gasteiger partial charge in [-0.15, -0.1) is 0 Å². The summed E-state index contributed by atoms with van der Waals surface area (Å²) in [5.74, 6) is 0. The zero-order chi connectivity index (χ0) is 38.6. The normalized spacial score (nSPS) is 13.0. The molecule has 11 aromatic rings. The van der Waals surface area contributed by atoms with E-state index in [2.05, 4.69) is 222 Å². The third-order valence-corrected chi connectivity index (χ3v) is 12.8. The van der Waals surface area contributed by atoms with Gasteiger partial charge >= 0.3 is 0 Å². The van der Waals surface area contributed by atoms with Gasteiger partial charge in [-0.2, -0.15) is 0 Å². The van der Waals surface area contributed by atoms with E-state index in [4.69, 9.17) is 0 Å². The lowest BCUT2D eigenvalue weighted by Gasteiger charge is -2.44. The fourth-order valence-corrected chi connectivity index (χ4v) is 10.2. The Kier molecular flexibility index (Phi) is 6.85. The highest BCUT2D eigenvalue weighted by Gasteiger charge is 2.44. The van der Waals surface area contributed by atoms with E-state index in [1.165, 1.54) is 104 Å². The van der Waals surface area contributed by atoms with Gasteiger partial charge in [-0.25, -0.2) is 0 Å². The Morgan fingerprint density at radius 3 is 1.19 bits per heavy atom. The molecule has 3 heteroatoms. The molecule has 59 heavy (non-hydrogen) atoms. The first-order chi connectivity index (χ1) is 29.2. The molecule has 2 aliphatic rings. The molecule has 0 saturated carbocycles. The number of benzene rings is 11. The van der Waals surface area contributed by atoms with Gasteiger partial charge in [0.25, 0.3) is 6.71 Å². The van der Waals surface area contributed by atoms with E-state index in [1.54, 1.807) is 0 Å². The Labute approximate surface area is 342 Å². The molecule has 0 aromatic heterocycles. The van der Waals surface area contributed by atoms with Crippen LogP contribution in [0.25, 0.3) is 65.0 Å². The van der Waals surface area contributed by atoms with Crippen LogP contribution in [0, 0.1) is 0 Å². The summed E-state index contributed by atoms with van der Waals surface area (Å²) < 4.78 is 0. The predicted molar refractivity (Wildman–Crippen MR) is 253 cm³/mol. The molecule has 0 spiro atoms. The van der Waals surface area contributed by atoms with Gasteiger partial charge in [-0.05, 0) is 154 Å². The summed E-state index contributed by atoms with van der Waals surface area (Å²) in [4.78, 5) is 5.08. The number of hydrogen-bond acceptors (Lipinski definition) is 2. The van der Waals surface area contributed by atoms with Gasteiger partial charge in [-0.3, -0.25) is 0 Å². The van der Waals surface area contributed by atoms with Crippen LogP contribution in [0.5, 0.6) is 0 Å². The molecule has 0 fully saturated rings. The Hall–Kier alpha value is -7.62. The van der Waals surface area contributed by atoms with Crippen molar-refractivity contribution in [1.82, 2.24) is 0 Å². The van der Waals surface area contributed by atoms with Crippen LogP contribution < -0.4 is 26.2 Å². The van der Waals surface area contributed by atoms with Gasteiger partial charge in [0, 0.05) is 34.1 Å². The summed E-state index contributed by atoms with van der Waals surface area (Å²) in [6, 6.07) is 79.2. The van der Waals surface area contributed by atoms with Crippen molar-refractivity contribution in [2.24, 2.45) is 0 Å². The number of rotatable bonds is 3. The molecule has 0 atom stereocenters. The molecule has 0 N–H and O–H groups in total. The second-order valence-corrected chi connectivity index (χ2v) is 16.1. The van der Waals surface area contributed by atoms with Gasteiger partial charge < -0.3 is 9.80 Å². The van der Waals surface area contributed by atoms with Crippen LogP contribution in [-0.4, -0.2) is 6.71 Å². The van der Waals surface area contributed by atoms with Gasteiger partial charge in [0.15, 0.2) is 0 Å². The maximum Gasteiger partial charge on any atom is 0.252 e. The molecule has 272 valence electrons. The van der Waals surface area contributed by atoms with E-state index in [0.29, 0.717) is 0 Å². The van der Waals surface area contributed by atoms with Crippen molar-refractivity contribution < 1.29 is 0 Å². The van der Waals surface area contributed by atoms with Crippen molar-refractivity contribution in [2.45, 2.75) is 0 Å². The zero-order valence-electron chi connectivity index (χ0n) is 32.2. The minimum atomic E-state index is -0.0155. The lowest BCUT2D eigenvalue weighted by molar-refractivity contribution is 1.26. The number of fused-ring (bicyclic) bond motifs is 9. The summed E-state index contributed by atoms with van der Waals surface area (Å²) in [5, 5.41) is 12.5. The predicted octanol–water partition coefficient (Wildman–Crippen LogP) is 13.2. The standard InChI is InChI=1S/C56H35BN2/c1-3-20-46(21-4-1)58-52-32-43-28-39-17-9-7-15-37(39)26-41(43)30-50(52)57-51-31-42-27-38-16-8-10-18-40(38)29-44(42)33-53(51)59(47-22-5-2-6-23-47)55-35-45(34-54(58)56(55)57)49-25-13-19-36-14-11-12-24-48(36)49/h1-35H. The summed E-state index contributed by atoms with van der Waals surface area (Å²) >= 11 is 0. The number of para-hydroxylation sites is 2. The molecule has 0 unspecified atom stereocenters. The molecule has 13 rings (SSSR count). The molecule has 0 aliphatic carbocycles. The SMILES string of the molecule is c1ccc(N2c3cc4cc5ccccc5cc4cc3B3c4cc5cc6ccccc6cc5cc4N(c4ccccc4)c4cc(-c5cccc6ccccc56)cc2c43)cc1. The van der Waals surface area contributed by atoms with Crippen molar-refractivity contribution in [3.63, 3.8) is 0 Å². The maximum absolute atomic E-state index is 2.54. The van der Waals surface area contributed by atoms with Crippen LogP contribution in [0.3, 0.4) is 0 Å². The van der Waals surface area contributed by atoms with E-state index in [0.717, 1.165) is 11.4 Å². The van der Waals surface area contributed by atoms with E-state index in [9.17, 15) is 0 Å². The topological polar surface area (TPSA) is 6.48 Å². The molecule has 2 heterocycles. The molecule has 11 aromatic carbocycles. The number of anilines is 6. The third-order valence-electron chi connectivity index (χ3n) is 12.8. The highest BCUT2D eigenvalue weighted by molar-refractivity contribution is 7.00. The Morgan fingerprint density at radius 1 is 0.288 bits per heavy atom. The van der Waals surface area contributed by atoms with Gasteiger partial charge in [0.1, 0.15) is 0 Å². The van der Waals surface area contributed by atoms with Gasteiger partial charge in [-0.1, -0.05) is 140 Å². The van der Waals surface area contributed by atoms with Crippen LogP contribution >= 0.6 is 0 Å².